The van der Waals surface area contributed by atoms with Crippen LogP contribution in [0.25, 0.3) is 0 Å². The van der Waals surface area contributed by atoms with E-state index < -0.39 is 11.5 Å². The van der Waals surface area contributed by atoms with Gasteiger partial charge in [-0.25, -0.2) is 0 Å². The zero-order chi connectivity index (χ0) is 10.8. The molecular formula is C10H12ClNO2. The van der Waals surface area contributed by atoms with Gasteiger partial charge in [-0.1, -0.05) is 23.7 Å². The van der Waals surface area contributed by atoms with Crippen molar-refractivity contribution in [2.45, 2.75) is 18.9 Å². The molecule has 0 amide bonds. The Kier molecular flexibility index (Phi) is 3.13. The fraction of sp³-hybridized carbons (Fsp3) is 0.300. The van der Waals surface area contributed by atoms with Crippen LogP contribution in [0.1, 0.15) is 18.9 Å². The first-order chi connectivity index (χ1) is 6.42. The van der Waals surface area contributed by atoms with Crippen molar-refractivity contribution >= 4 is 17.6 Å². The van der Waals surface area contributed by atoms with Gasteiger partial charge >= 0.3 is 5.97 Å². The maximum absolute atomic E-state index is 10.5. The van der Waals surface area contributed by atoms with E-state index in [0.717, 1.165) is 5.56 Å². The van der Waals surface area contributed by atoms with Gasteiger partial charge in [0.25, 0.3) is 0 Å². The molecule has 0 fully saturated rings. The molecule has 0 aliphatic carbocycles. The van der Waals surface area contributed by atoms with Gasteiger partial charge in [0.1, 0.15) is 0 Å². The molecule has 0 saturated carbocycles. The van der Waals surface area contributed by atoms with Crippen LogP contribution in [0.3, 0.4) is 0 Å². The molecule has 0 heterocycles. The molecule has 1 rings (SSSR count). The van der Waals surface area contributed by atoms with Crippen molar-refractivity contribution in [1.29, 1.82) is 0 Å². The third-order valence-corrected chi connectivity index (χ3v) is 2.27. The number of nitrogens with two attached hydrogens (primary N) is 1. The summed E-state index contributed by atoms with van der Waals surface area (Å²) in [4.78, 5) is 10.5. The summed E-state index contributed by atoms with van der Waals surface area (Å²) >= 11 is 5.71. The lowest BCUT2D eigenvalue weighted by Gasteiger charge is -2.22. The van der Waals surface area contributed by atoms with Crippen molar-refractivity contribution in [3.63, 3.8) is 0 Å². The molecule has 0 aromatic heterocycles. The number of aliphatic carboxylic acids is 1. The second-order valence-electron chi connectivity index (χ2n) is 3.49. The zero-order valence-corrected chi connectivity index (χ0v) is 8.58. The van der Waals surface area contributed by atoms with Crippen molar-refractivity contribution in [2.24, 2.45) is 5.73 Å². The molecule has 0 aliphatic rings. The molecule has 1 aromatic rings. The average molecular weight is 214 g/mol. The second-order valence-corrected chi connectivity index (χ2v) is 3.93. The molecule has 3 nitrogen and oxygen atoms in total. The van der Waals surface area contributed by atoms with E-state index in [1.807, 2.05) is 0 Å². The number of carboxylic acids is 1. The number of halogens is 1. The summed E-state index contributed by atoms with van der Waals surface area (Å²) in [5.74, 6) is -0.912. The highest BCUT2D eigenvalue weighted by atomic mass is 35.5. The van der Waals surface area contributed by atoms with Crippen LogP contribution in [0.15, 0.2) is 24.3 Å². The van der Waals surface area contributed by atoms with Gasteiger partial charge in [-0.15, -0.1) is 0 Å². The maximum Gasteiger partial charge on any atom is 0.305 e. The van der Waals surface area contributed by atoms with Crippen LogP contribution in [0.5, 0.6) is 0 Å². The first-order valence-corrected chi connectivity index (χ1v) is 4.56. The van der Waals surface area contributed by atoms with Gasteiger partial charge in [0.15, 0.2) is 0 Å². The van der Waals surface area contributed by atoms with Crippen LogP contribution in [0, 0.1) is 0 Å². The molecule has 1 unspecified atom stereocenters. The molecule has 1 atom stereocenters. The number of carbonyl (C=O) groups is 1. The Balaban J connectivity index is 2.91. The predicted octanol–water partition coefficient (Wildman–Crippen LogP) is 1.99. The van der Waals surface area contributed by atoms with E-state index in [2.05, 4.69) is 0 Å². The van der Waals surface area contributed by atoms with E-state index in [-0.39, 0.29) is 6.42 Å². The first-order valence-electron chi connectivity index (χ1n) is 4.18. The normalized spacial score (nSPS) is 14.8. The highest BCUT2D eigenvalue weighted by Gasteiger charge is 2.24. The van der Waals surface area contributed by atoms with Crippen LogP contribution < -0.4 is 5.73 Å². The molecule has 0 radical (unpaired) electrons. The highest BCUT2D eigenvalue weighted by molar-refractivity contribution is 6.30. The number of hydrogen-bond acceptors (Lipinski definition) is 2. The largest absolute Gasteiger partial charge is 0.481 e. The summed E-state index contributed by atoms with van der Waals surface area (Å²) in [5, 5.41) is 9.27. The lowest BCUT2D eigenvalue weighted by Crippen LogP contribution is -2.35. The first kappa shape index (κ1) is 11.0. The van der Waals surface area contributed by atoms with Gasteiger partial charge in [0.05, 0.1) is 6.42 Å². The SMILES string of the molecule is CC(N)(CC(=O)O)c1ccc(Cl)cc1. The van der Waals surface area contributed by atoms with Gasteiger partial charge < -0.3 is 10.8 Å². The minimum Gasteiger partial charge on any atom is -0.481 e. The quantitative estimate of drug-likeness (QED) is 0.807. The minimum absolute atomic E-state index is 0.103. The second kappa shape index (κ2) is 3.98. The number of carboxylic acid groups (broad SMARTS) is 1. The number of benzene rings is 1. The van der Waals surface area contributed by atoms with E-state index >= 15 is 0 Å². The van der Waals surface area contributed by atoms with Crippen LogP contribution in [0.2, 0.25) is 5.02 Å². The summed E-state index contributed by atoms with van der Waals surface area (Å²) in [7, 11) is 0. The topological polar surface area (TPSA) is 63.3 Å². The average Bonchev–Trinajstić information content (AvgIpc) is 2.02. The molecule has 0 saturated heterocycles. The van der Waals surface area contributed by atoms with Crippen molar-refractivity contribution in [3.05, 3.63) is 34.9 Å². The van der Waals surface area contributed by atoms with E-state index in [1.54, 1.807) is 31.2 Å². The Hall–Kier alpha value is -1.06. The minimum atomic E-state index is -0.912. The molecular weight excluding hydrogens is 202 g/mol. The van der Waals surface area contributed by atoms with Gasteiger partial charge in [-0.05, 0) is 24.6 Å². The van der Waals surface area contributed by atoms with Crippen LogP contribution in [-0.2, 0) is 10.3 Å². The lowest BCUT2D eigenvalue weighted by atomic mass is 9.90. The predicted molar refractivity (Wildman–Crippen MR) is 55.2 cm³/mol. The van der Waals surface area contributed by atoms with E-state index in [0.29, 0.717) is 5.02 Å². The Morgan fingerprint density at radius 2 is 2.00 bits per heavy atom. The third-order valence-electron chi connectivity index (χ3n) is 2.02. The fourth-order valence-electron chi connectivity index (χ4n) is 1.25. The van der Waals surface area contributed by atoms with E-state index in [1.165, 1.54) is 0 Å². The Morgan fingerprint density at radius 3 is 2.43 bits per heavy atom. The van der Waals surface area contributed by atoms with Crippen molar-refractivity contribution in [2.75, 3.05) is 0 Å². The van der Waals surface area contributed by atoms with Gasteiger partial charge in [-0.2, -0.15) is 0 Å². The Morgan fingerprint density at radius 1 is 1.50 bits per heavy atom. The molecule has 14 heavy (non-hydrogen) atoms. The summed E-state index contributed by atoms with van der Waals surface area (Å²) in [5.41, 5.74) is 5.78. The monoisotopic (exact) mass is 213 g/mol. The van der Waals surface area contributed by atoms with Gasteiger partial charge in [0.2, 0.25) is 0 Å². The standard InChI is InChI=1S/C10H12ClNO2/c1-10(12,6-9(13)14)7-2-4-8(11)5-3-7/h2-5H,6,12H2,1H3,(H,13,14). The van der Waals surface area contributed by atoms with E-state index in [9.17, 15) is 4.79 Å². The number of hydrogen-bond donors (Lipinski definition) is 2. The van der Waals surface area contributed by atoms with Crippen molar-refractivity contribution in [1.82, 2.24) is 0 Å². The lowest BCUT2D eigenvalue weighted by molar-refractivity contribution is -0.138. The summed E-state index contributed by atoms with van der Waals surface area (Å²) < 4.78 is 0. The van der Waals surface area contributed by atoms with Crippen LogP contribution >= 0.6 is 11.6 Å². The van der Waals surface area contributed by atoms with E-state index in [4.69, 9.17) is 22.4 Å². The van der Waals surface area contributed by atoms with Crippen LogP contribution in [0.4, 0.5) is 0 Å². The molecule has 4 heteroatoms. The molecule has 3 N–H and O–H groups in total. The van der Waals surface area contributed by atoms with Crippen LogP contribution in [-0.4, -0.2) is 11.1 Å². The van der Waals surface area contributed by atoms with Crippen molar-refractivity contribution < 1.29 is 9.90 Å². The van der Waals surface area contributed by atoms with Crippen molar-refractivity contribution in [3.8, 4) is 0 Å². The Bertz CT molecular complexity index is 332. The Labute approximate surface area is 87.5 Å². The summed E-state index contributed by atoms with van der Waals surface area (Å²) in [6.07, 6.45) is -0.103. The molecule has 1 aromatic carbocycles. The number of rotatable bonds is 3. The summed E-state index contributed by atoms with van der Waals surface area (Å²) in [6.45, 7) is 1.68. The van der Waals surface area contributed by atoms with Gasteiger partial charge in [0, 0.05) is 10.6 Å². The summed E-state index contributed by atoms with van der Waals surface area (Å²) in [6, 6.07) is 6.88. The smallest absolute Gasteiger partial charge is 0.305 e. The van der Waals surface area contributed by atoms with Gasteiger partial charge in [-0.3, -0.25) is 4.79 Å². The fourth-order valence-corrected chi connectivity index (χ4v) is 1.37. The third kappa shape index (κ3) is 2.72. The molecule has 0 aliphatic heterocycles. The molecule has 0 bridgehead atoms. The zero-order valence-electron chi connectivity index (χ0n) is 7.83. The molecule has 0 spiro atoms. The molecule has 76 valence electrons. The maximum atomic E-state index is 10.5. The highest BCUT2D eigenvalue weighted by Crippen LogP contribution is 2.22.